The number of benzene rings is 1. The normalized spacial score (nSPS) is 18.3. The minimum absolute atomic E-state index is 0.107. The number of H-pyrrole nitrogens is 1. The van der Waals surface area contributed by atoms with Crippen LogP contribution in [-0.4, -0.2) is 84.6 Å². The Morgan fingerprint density at radius 1 is 1.12 bits per heavy atom. The molecule has 1 aromatic carbocycles. The number of anilines is 1. The lowest BCUT2D eigenvalue weighted by Gasteiger charge is -2.33. The first-order chi connectivity index (χ1) is 20.4. The third-order valence-electron chi connectivity index (χ3n) is 8.38. The number of nitrogens with zero attached hydrogens (tertiary/aromatic N) is 7. The number of rotatable bonds is 5. The fourth-order valence-electron chi connectivity index (χ4n) is 6.00. The second-order valence-electron chi connectivity index (χ2n) is 11.3. The van der Waals surface area contributed by atoms with E-state index in [0.29, 0.717) is 36.1 Å². The lowest BCUT2D eigenvalue weighted by Crippen LogP contribution is -2.51. The van der Waals surface area contributed by atoms with E-state index in [9.17, 15) is 9.18 Å². The van der Waals surface area contributed by atoms with Crippen LogP contribution in [0.15, 0.2) is 48.9 Å². The number of amides is 2. The fraction of sp³-hybridized carbons (Fsp3) is 0.367. The molecule has 4 aromatic heterocycles. The molecule has 12 heteroatoms. The molecular formula is C30H33FN10O. The van der Waals surface area contributed by atoms with Crippen molar-refractivity contribution in [3.05, 3.63) is 71.6 Å². The van der Waals surface area contributed by atoms with Gasteiger partial charge in [0.2, 0.25) is 5.95 Å². The van der Waals surface area contributed by atoms with Crippen LogP contribution in [0.4, 0.5) is 15.1 Å². The lowest BCUT2D eigenvalue weighted by atomic mass is 9.91. The van der Waals surface area contributed by atoms with Gasteiger partial charge in [0.1, 0.15) is 5.82 Å². The van der Waals surface area contributed by atoms with Gasteiger partial charge in [-0.25, -0.2) is 14.2 Å². The second-order valence-corrected chi connectivity index (χ2v) is 11.3. The molecule has 0 saturated carbocycles. The molecule has 3 N–H and O–H groups in total. The predicted octanol–water partition coefficient (Wildman–Crippen LogP) is 3.79. The van der Waals surface area contributed by atoms with Crippen LogP contribution >= 0.6 is 0 Å². The van der Waals surface area contributed by atoms with E-state index in [4.69, 9.17) is 9.97 Å². The van der Waals surface area contributed by atoms with Crippen LogP contribution in [0.25, 0.3) is 27.9 Å². The van der Waals surface area contributed by atoms with Crippen molar-refractivity contribution >= 4 is 28.5 Å². The molecule has 0 radical (unpaired) electrons. The van der Waals surface area contributed by atoms with Crippen molar-refractivity contribution in [2.45, 2.75) is 38.3 Å². The molecule has 1 saturated heterocycles. The Morgan fingerprint density at radius 3 is 2.79 bits per heavy atom. The number of aryl methyl sites for hydroxylation is 1. The van der Waals surface area contributed by atoms with E-state index in [2.05, 4.69) is 55.8 Å². The topological polar surface area (TPSA) is 119 Å². The Balaban J connectivity index is 1.21. The standard InChI is InChI=1S/C30H33FN10O/c1-18(34-30(42)40-11-9-39(2)10-12-40)24-17-33-41-28(24)37-27(19-13-20(31)16-32-15-19)38-29(41)35-21-7-8-26-23(14-21)22-5-3-4-6-25(22)36-26/h3-6,13,15-18,21,36H,7-12,14H2,1-2H3,(H,34,42)(H,35,37,38)/t18-,21+/m1/s1. The number of nitrogens with one attached hydrogen (secondary N) is 3. The molecule has 11 nitrogen and oxygen atoms in total. The number of urea groups is 1. The number of pyridine rings is 1. The molecule has 1 aliphatic carbocycles. The maximum absolute atomic E-state index is 14.2. The summed E-state index contributed by atoms with van der Waals surface area (Å²) in [5.41, 5.74) is 5.50. The SMILES string of the molecule is C[C@@H](NC(=O)N1CCN(C)CC1)c1cnn2c(N[C@H]3CCc4[nH]c5ccccc5c4C3)nc(-c3cncc(F)c3)nc12. The van der Waals surface area contributed by atoms with Crippen LogP contribution in [0.5, 0.6) is 0 Å². The number of piperazine rings is 1. The molecule has 1 aliphatic heterocycles. The molecule has 2 atom stereocenters. The molecule has 42 heavy (non-hydrogen) atoms. The number of aromatic nitrogens is 6. The van der Waals surface area contributed by atoms with Crippen molar-refractivity contribution < 1.29 is 9.18 Å². The molecule has 2 amide bonds. The largest absolute Gasteiger partial charge is 0.358 e. The van der Waals surface area contributed by atoms with Crippen molar-refractivity contribution in [2.24, 2.45) is 0 Å². The van der Waals surface area contributed by atoms with Gasteiger partial charge in [-0.15, -0.1) is 0 Å². The Morgan fingerprint density at radius 2 is 1.95 bits per heavy atom. The molecule has 2 aliphatic rings. The summed E-state index contributed by atoms with van der Waals surface area (Å²) in [5.74, 6) is 0.377. The maximum atomic E-state index is 14.2. The Hall–Kier alpha value is -4.58. The van der Waals surface area contributed by atoms with Crippen molar-refractivity contribution in [1.29, 1.82) is 0 Å². The molecule has 216 valence electrons. The zero-order valence-electron chi connectivity index (χ0n) is 23.6. The van der Waals surface area contributed by atoms with Crippen molar-refractivity contribution in [2.75, 3.05) is 38.5 Å². The summed E-state index contributed by atoms with van der Waals surface area (Å²) in [5, 5.41) is 12.6. The highest BCUT2D eigenvalue weighted by atomic mass is 19.1. The van der Waals surface area contributed by atoms with E-state index >= 15 is 0 Å². The molecule has 0 spiro atoms. The highest BCUT2D eigenvalue weighted by Crippen LogP contribution is 2.31. The van der Waals surface area contributed by atoms with E-state index in [1.165, 1.54) is 22.7 Å². The van der Waals surface area contributed by atoms with Crippen LogP contribution in [0.2, 0.25) is 0 Å². The number of para-hydroxylation sites is 1. The average Bonchev–Trinajstić information content (AvgIpc) is 3.59. The summed E-state index contributed by atoms with van der Waals surface area (Å²) < 4.78 is 15.8. The predicted molar refractivity (Wildman–Crippen MR) is 158 cm³/mol. The van der Waals surface area contributed by atoms with Crippen LogP contribution in [0.3, 0.4) is 0 Å². The molecule has 1 fully saturated rings. The van der Waals surface area contributed by atoms with Crippen LogP contribution in [-0.2, 0) is 12.8 Å². The van der Waals surface area contributed by atoms with Gasteiger partial charge in [-0.05, 0) is 50.9 Å². The van der Waals surface area contributed by atoms with E-state index in [1.54, 1.807) is 16.9 Å². The van der Waals surface area contributed by atoms with Gasteiger partial charge in [-0.2, -0.15) is 14.6 Å². The van der Waals surface area contributed by atoms with E-state index in [1.807, 2.05) is 17.9 Å². The highest BCUT2D eigenvalue weighted by Gasteiger charge is 2.26. The van der Waals surface area contributed by atoms with Gasteiger partial charge in [-0.3, -0.25) is 4.98 Å². The van der Waals surface area contributed by atoms with Crippen LogP contribution < -0.4 is 10.6 Å². The first-order valence-corrected chi connectivity index (χ1v) is 14.4. The van der Waals surface area contributed by atoms with Gasteiger partial charge in [0.25, 0.3) is 0 Å². The number of carbonyl (C=O) groups is 1. The summed E-state index contributed by atoms with van der Waals surface area (Å²) in [7, 11) is 2.06. The average molecular weight is 569 g/mol. The van der Waals surface area contributed by atoms with Gasteiger partial charge >= 0.3 is 6.03 Å². The first-order valence-electron chi connectivity index (χ1n) is 14.4. The third-order valence-corrected chi connectivity index (χ3v) is 8.38. The number of fused-ring (bicyclic) bond motifs is 4. The highest BCUT2D eigenvalue weighted by molar-refractivity contribution is 5.85. The van der Waals surface area contributed by atoms with Crippen molar-refractivity contribution in [3.63, 3.8) is 0 Å². The minimum Gasteiger partial charge on any atom is -0.358 e. The number of halogens is 1. The Labute approximate surface area is 242 Å². The number of carbonyl (C=O) groups excluding carboxylic acids is 1. The summed E-state index contributed by atoms with van der Waals surface area (Å²) >= 11 is 0. The number of hydrogen-bond acceptors (Lipinski definition) is 7. The zero-order chi connectivity index (χ0) is 28.8. The number of hydrogen-bond donors (Lipinski definition) is 3. The summed E-state index contributed by atoms with van der Waals surface area (Å²) in [6.07, 6.45) is 7.07. The number of likely N-dealkylation sites (N-methyl/N-ethyl adjacent to an activating group) is 1. The molecule has 5 aromatic rings. The molecular weight excluding hydrogens is 535 g/mol. The van der Waals surface area contributed by atoms with E-state index in [0.717, 1.165) is 49.6 Å². The van der Waals surface area contributed by atoms with Gasteiger partial charge in [0.15, 0.2) is 11.5 Å². The van der Waals surface area contributed by atoms with E-state index in [-0.39, 0.29) is 18.1 Å². The second kappa shape index (κ2) is 10.7. The molecule has 0 unspecified atom stereocenters. The van der Waals surface area contributed by atoms with Crippen LogP contribution in [0, 0.1) is 5.82 Å². The zero-order valence-corrected chi connectivity index (χ0v) is 23.6. The first kappa shape index (κ1) is 26.3. The summed E-state index contributed by atoms with van der Waals surface area (Å²) in [6.45, 7) is 4.95. The minimum atomic E-state index is -0.467. The fourth-order valence-corrected chi connectivity index (χ4v) is 6.00. The van der Waals surface area contributed by atoms with Gasteiger partial charge in [0.05, 0.1) is 18.4 Å². The Kier molecular flexibility index (Phi) is 6.69. The third kappa shape index (κ3) is 4.91. The van der Waals surface area contributed by atoms with Crippen molar-refractivity contribution in [3.8, 4) is 11.4 Å². The van der Waals surface area contributed by atoms with Gasteiger partial charge in [0, 0.05) is 66.1 Å². The Bertz CT molecular complexity index is 1770. The van der Waals surface area contributed by atoms with Gasteiger partial charge < -0.3 is 25.4 Å². The summed E-state index contributed by atoms with van der Waals surface area (Å²) in [4.78, 5) is 34.2. The van der Waals surface area contributed by atoms with Gasteiger partial charge in [-0.1, -0.05) is 18.2 Å². The quantitative estimate of drug-likeness (QED) is 0.295. The van der Waals surface area contributed by atoms with E-state index < -0.39 is 5.82 Å². The number of aromatic amines is 1. The molecule has 7 rings (SSSR count). The monoisotopic (exact) mass is 568 g/mol. The molecule has 0 bridgehead atoms. The lowest BCUT2D eigenvalue weighted by molar-refractivity contribution is 0.152. The maximum Gasteiger partial charge on any atom is 0.317 e. The van der Waals surface area contributed by atoms with Crippen LogP contribution in [0.1, 0.15) is 36.2 Å². The summed E-state index contributed by atoms with van der Waals surface area (Å²) in [6, 6.07) is 9.38. The smallest absolute Gasteiger partial charge is 0.317 e. The molecule has 5 heterocycles. The van der Waals surface area contributed by atoms with Crippen molar-refractivity contribution in [1.82, 2.24) is 44.7 Å².